The number of alkyl halides is 1. The van der Waals surface area contributed by atoms with E-state index in [0.29, 0.717) is 44.5 Å². The molecule has 1 amide bonds. The Kier molecular flexibility index (Phi) is 24.4. The molecule has 5 aliphatic heterocycles. The highest BCUT2D eigenvalue weighted by molar-refractivity contribution is 6.30. The SMILES string of the molecule is CC[C@H]1OC(=O)[C@H](C)C([C@H]2C[C@@](C)(OC)[C@@H](O)[C@H](C)O2)[C@H](C)[C@@H](O[C@H]2C[C@@H](N(C)CC/C(C=N[C@H](CF)[C@H](OC)c3ccc(-c4cnc(N)nc4)cc3)=N/N)C[C@@H](C)O2)[C@](C)(OC)C[C@@H](C)C(=O)[C@H](C)C2N(CC3CCCN(Cc4ccccc4)C3)C(=O)O[C@@]21C. The molecule has 0 saturated carbocycles. The molecule has 3 unspecified atom stereocenters. The number of esters is 1. The van der Waals surface area contributed by atoms with Gasteiger partial charge in [0.05, 0.1) is 53.3 Å². The largest absolute Gasteiger partial charge is 0.458 e. The molecular weight excluding hydrogens is 1170 g/mol. The molecule has 504 valence electrons. The van der Waals surface area contributed by atoms with Crippen LogP contribution in [-0.4, -0.2) is 199 Å². The molecule has 0 bridgehead atoms. The molecule has 91 heavy (non-hydrogen) atoms. The lowest BCUT2D eigenvalue weighted by Gasteiger charge is -2.52. The standard InChI is InChI=1S/C69H104FN9O12/c1-15-56-69(10)61(79(66(83)91-69)40-48-22-19-28-78(39-48)38-47-20-17-16-18-21-47)45(6)59(80)41(2)32-68(9,86-14)63(43(4)58(44(5)64(82)89-56)55-33-67(8,85-13)62(81)46(7)88-55)90-57-31-53(30-42(3)87-57)77(11)29-27-52(76-72)37-73-54(34-70)60(84-12)50-25-23-49(24-26-50)51-35-74-65(71)75-36-51/h16-18,20-21,23-26,35-37,41-46,48,53-58,60-63,81H,15,19,22,27-34,38-40,72H2,1-14H3,(H2,71,74,75)/b73-37?,76-52-/t41-,42-,43+,44-,45+,46+,48?,53+,54-,55-,56-,57+,58?,60-,61?,62+,63-,67-,68-,69-/m1/s1. The molecule has 0 radical (unpaired) electrons. The summed E-state index contributed by atoms with van der Waals surface area (Å²) >= 11 is 0. The Labute approximate surface area is 538 Å². The number of ketones is 1. The molecule has 2 aromatic carbocycles. The number of nitrogens with zero attached hydrogens (tertiary/aromatic N) is 7. The van der Waals surface area contributed by atoms with Crippen LogP contribution >= 0.6 is 0 Å². The molecule has 0 aliphatic carbocycles. The van der Waals surface area contributed by atoms with E-state index in [1.165, 1.54) is 18.9 Å². The van der Waals surface area contributed by atoms with Crippen molar-refractivity contribution in [3.63, 3.8) is 0 Å². The molecule has 1 aromatic heterocycles. The number of likely N-dealkylation sites (tertiary alicyclic amines) is 1. The third-order valence-corrected chi connectivity index (χ3v) is 20.9. The molecule has 20 atom stereocenters. The Bertz CT molecular complexity index is 2920. The quantitative estimate of drug-likeness (QED) is 0.0389. The van der Waals surface area contributed by atoms with E-state index < -0.39 is 120 Å². The average Bonchev–Trinajstić information content (AvgIpc) is 1.70. The van der Waals surface area contributed by atoms with E-state index in [1.54, 1.807) is 38.4 Å². The van der Waals surface area contributed by atoms with E-state index in [0.717, 1.165) is 49.2 Å². The van der Waals surface area contributed by atoms with Gasteiger partial charge in [0.15, 0.2) is 11.9 Å². The molecule has 5 fully saturated rings. The highest BCUT2D eigenvalue weighted by Gasteiger charge is 2.61. The van der Waals surface area contributed by atoms with Crippen molar-refractivity contribution in [3.8, 4) is 11.1 Å². The molecular formula is C69H104FN9O12. The predicted molar refractivity (Wildman–Crippen MR) is 347 cm³/mol. The molecule has 5 aliphatic rings. The van der Waals surface area contributed by atoms with Gasteiger partial charge < -0.3 is 59.5 Å². The zero-order valence-corrected chi connectivity index (χ0v) is 56.2. The summed E-state index contributed by atoms with van der Waals surface area (Å²) < 4.78 is 67.8. The first-order valence-corrected chi connectivity index (χ1v) is 32.9. The summed E-state index contributed by atoms with van der Waals surface area (Å²) in [5.74, 6) is 2.15. The average molecular weight is 1270 g/mol. The lowest BCUT2D eigenvalue weighted by atomic mass is 9.67. The maximum Gasteiger partial charge on any atom is 0.410 e. The Morgan fingerprint density at radius 1 is 0.923 bits per heavy atom. The number of carbonyl (C=O) groups is 3. The van der Waals surface area contributed by atoms with Crippen LogP contribution < -0.4 is 11.6 Å². The smallest absolute Gasteiger partial charge is 0.410 e. The summed E-state index contributed by atoms with van der Waals surface area (Å²) in [6.45, 7) is 21.6. The first-order valence-electron chi connectivity index (χ1n) is 32.9. The van der Waals surface area contributed by atoms with Crippen molar-refractivity contribution < 1.29 is 61.8 Å². The molecule has 0 spiro atoms. The molecule has 6 heterocycles. The van der Waals surface area contributed by atoms with Crippen molar-refractivity contribution >= 4 is 35.7 Å². The van der Waals surface area contributed by atoms with Gasteiger partial charge in [-0.1, -0.05) is 89.2 Å². The Morgan fingerprint density at radius 2 is 1.62 bits per heavy atom. The minimum atomic E-state index is -1.41. The van der Waals surface area contributed by atoms with Crippen LogP contribution in [0.15, 0.2) is 77.1 Å². The zero-order valence-electron chi connectivity index (χ0n) is 56.2. The second kappa shape index (κ2) is 31.1. The number of hydrazone groups is 1. The minimum absolute atomic E-state index is 0.0656. The third-order valence-electron chi connectivity index (χ3n) is 20.9. The molecule has 5 saturated heterocycles. The van der Waals surface area contributed by atoms with Gasteiger partial charge in [-0.15, -0.1) is 0 Å². The van der Waals surface area contributed by atoms with E-state index in [1.807, 2.05) is 112 Å². The van der Waals surface area contributed by atoms with Gasteiger partial charge >= 0.3 is 12.1 Å². The van der Waals surface area contributed by atoms with E-state index in [4.69, 9.17) is 49.5 Å². The van der Waals surface area contributed by atoms with Crippen LogP contribution in [0, 0.1) is 35.5 Å². The number of rotatable bonds is 21. The van der Waals surface area contributed by atoms with Crippen LogP contribution in [-0.2, 0) is 54.0 Å². The van der Waals surface area contributed by atoms with Gasteiger partial charge in [0.2, 0.25) is 5.95 Å². The predicted octanol–water partition coefficient (Wildman–Crippen LogP) is 9.03. The number of fused-ring (bicyclic) bond motifs is 1. The van der Waals surface area contributed by atoms with Crippen molar-refractivity contribution in [1.29, 1.82) is 0 Å². The number of aromatic nitrogens is 2. The highest BCUT2D eigenvalue weighted by atomic mass is 19.1. The number of methoxy groups -OCH3 is 3. The minimum Gasteiger partial charge on any atom is -0.458 e. The second-order valence-electron chi connectivity index (χ2n) is 27.3. The number of nitrogen functional groups attached to an aromatic ring is 1. The number of hydrogen-bond donors (Lipinski definition) is 3. The maximum absolute atomic E-state index is 15.6. The number of piperidine rings is 1. The number of aliphatic imine (C=N–C) groups is 1. The van der Waals surface area contributed by atoms with E-state index in [9.17, 15) is 14.3 Å². The van der Waals surface area contributed by atoms with Crippen LogP contribution in [0.2, 0.25) is 0 Å². The number of aliphatic hydroxyl groups is 1. The van der Waals surface area contributed by atoms with Gasteiger partial charge in [0.1, 0.15) is 36.8 Å². The van der Waals surface area contributed by atoms with Gasteiger partial charge in [0, 0.05) is 115 Å². The third kappa shape index (κ3) is 16.3. The summed E-state index contributed by atoms with van der Waals surface area (Å²) in [7, 11) is 6.74. The highest BCUT2D eigenvalue weighted by Crippen LogP contribution is 2.48. The maximum atomic E-state index is 15.6. The second-order valence-corrected chi connectivity index (χ2v) is 27.3. The number of benzene rings is 2. The zero-order chi connectivity index (χ0) is 66.1. The number of ether oxygens (including phenoxy) is 8. The van der Waals surface area contributed by atoms with Gasteiger partial charge in [-0.25, -0.2) is 19.2 Å². The van der Waals surface area contributed by atoms with Crippen molar-refractivity contribution in [2.24, 2.45) is 51.4 Å². The number of nitrogens with two attached hydrogens (primary N) is 2. The van der Waals surface area contributed by atoms with E-state index in [2.05, 4.69) is 42.0 Å². The number of amides is 1. The van der Waals surface area contributed by atoms with E-state index in [-0.39, 0.29) is 42.6 Å². The summed E-state index contributed by atoms with van der Waals surface area (Å²) in [6, 6.07) is 16.1. The topological polar surface area (TPSA) is 258 Å². The van der Waals surface area contributed by atoms with E-state index >= 15 is 9.59 Å². The van der Waals surface area contributed by atoms with Crippen LogP contribution in [0.3, 0.4) is 0 Å². The van der Waals surface area contributed by atoms with Gasteiger partial charge in [-0.2, -0.15) is 5.10 Å². The normalized spacial score (nSPS) is 35.8. The van der Waals surface area contributed by atoms with Crippen LogP contribution in [0.5, 0.6) is 0 Å². The molecule has 3 aromatic rings. The number of anilines is 1. The monoisotopic (exact) mass is 1270 g/mol. The first kappa shape index (κ1) is 71.3. The first-order chi connectivity index (χ1) is 43.3. The number of hydrogen-bond acceptors (Lipinski definition) is 20. The number of halogens is 1. The Morgan fingerprint density at radius 3 is 2.25 bits per heavy atom. The van der Waals surface area contributed by atoms with Gasteiger partial charge in [-0.05, 0) is 109 Å². The molecule has 5 N–H and O–H groups in total. The Hall–Kier alpha value is -5.56. The number of aliphatic hydroxyl groups excluding tert-OH is 1. The van der Waals surface area contributed by atoms with Crippen LogP contribution in [0.25, 0.3) is 11.1 Å². The van der Waals surface area contributed by atoms with Crippen molar-refractivity contribution in [2.75, 3.05) is 67.0 Å². The number of Topliss-reactive ketones (excluding diaryl/α,β-unsaturated/α-hetero) is 1. The van der Waals surface area contributed by atoms with Gasteiger partial charge in [0.25, 0.3) is 0 Å². The number of carbonyl (C=O) groups excluding carboxylic acids is 3. The molecule has 22 heteroatoms. The van der Waals surface area contributed by atoms with Crippen molar-refractivity contribution in [2.45, 2.75) is 211 Å². The van der Waals surface area contributed by atoms with Crippen molar-refractivity contribution in [1.82, 2.24) is 24.7 Å². The fraction of sp³-hybridized carbons (Fsp3) is 0.696. The fourth-order valence-electron chi connectivity index (χ4n) is 15.7. The lowest BCUT2D eigenvalue weighted by molar-refractivity contribution is -0.278. The lowest BCUT2D eigenvalue weighted by Crippen LogP contribution is -2.62. The van der Waals surface area contributed by atoms with Crippen LogP contribution in [0.1, 0.15) is 138 Å². The summed E-state index contributed by atoms with van der Waals surface area (Å²) in [4.78, 5) is 64.9. The fourth-order valence-corrected chi connectivity index (χ4v) is 15.7. The number of cyclic esters (lactones) is 1. The summed E-state index contributed by atoms with van der Waals surface area (Å²) in [6.07, 6.45) is 2.44. The Balaban J connectivity index is 1.06. The molecule has 21 nitrogen and oxygen atoms in total. The summed E-state index contributed by atoms with van der Waals surface area (Å²) in [5, 5.41) is 15.7. The van der Waals surface area contributed by atoms with Crippen molar-refractivity contribution in [3.05, 3.63) is 78.1 Å². The van der Waals surface area contributed by atoms with Crippen LogP contribution in [0.4, 0.5) is 15.1 Å². The summed E-state index contributed by atoms with van der Waals surface area (Å²) in [5.41, 5.74) is 6.07. The van der Waals surface area contributed by atoms with Gasteiger partial charge in [-0.3, -0.25) is 24.4 Å². The molecule has 8 rings (SSSR count).